The highest BCUT2D eigenvalue weighted by Crippen LogP contribution is 2.14. The second kappa shape index (κ2) is 15.6. The molecular formula is C31H38N2O4. The fraction of sp³-hybridized carbons (Fsp3) is 0.355. The zero-order chi connectivity index (χ0) is 26.3. The molecule has 1 amide bonds. The average Bonchev–Trinajstić information content (AvgIpc) is 2.89. The normalized spacial score (nSPS) is 11.0. The van der Waals surface area contributed by atoms with Crippen molar-refractivity contribution in [2.75, 3.05) is 31.6 Å². The first-order chi connectivity index (χ1) is 18.0. The Morgan fingerprint density at radius 1 is 0.838 bits per heavy atom. The molecule has 37 heavy (non-hydrogen) atoms. The van der Waals surface area contributed by atoms with Gasteiger partial charge in [0.15, 0.2) is 5.78 Å². The predicted molar refractivity (Wildman–Crippen MR) is 148 cm³/mol. The lowest BCUT2D eigenvalue weighted by molar-refractivity contribution is -0.114. The fourth-order valence-corrected chi connectivity index (χ4v) is 4.17. The summed E-state index contributed by atoms with van der Waals surface area (Å²) in [5.74, 6) is 0.0642. The number of amides is 1. The van der Waals surface area contributed by atoms with E-state index in [0.717, 1.165) is 57.5 Å². The number of carbonyl (C=O) groups is 2. The second-order valence-corrected chi connectivity index (χ2v) is 9.32. The summed E-state index contributed by atoms with van der Waals surface area (Å²) in [6.07, 6.45) is 5.05. The number of unbranched alkanes of at least 4 members (excludes halogenated alkanes) is 3. The first-order valence-electron chi connectivity index (χ1n) is 13.0. The monoisotopic (exact) mass is 502 g/mol. The third-order valence-corrected chi connectivity index (χ3v) is 6.11. The maximum absolute atomic E-state index is 12.8. The van der Waals surface area contributed by atoms with Gasteiger partial charge in [0.05, 0.1) is 13.2 Å². The van der Waals surface area contributed by atoms with Crippen LogP contribution < -0.4 is 5.32 Å². The molecule has 2 N–H and O–H groups in total. The molecule has 3 aromatic carbocycles. The molecule has 0 unspecified atom stereocenters. The predicted octanol–water partition coefficient (Wildman–Crippen LogP) is 5.86. The van der Waals surface area contributed by atoms with Crippen LogP contribution in [0.3, 0.4) is 0 Å². The lowest BCUT2D eigenvalue weighted by Crippen LogP contribution is -2.30. The van der Waals surface area contributed by atoms with E-state index in [4.69, 9.17) is 4.74 Å². The molecule has 0 fully saturated rings. The number of nitrogens with zero attached hydrogens (tertiary/aromatic N) is 1. The molecule has 3 aromatic rings. The third kappa shape index (κ3) is 11.0. The van der Waals surface area contributed by atoms with E-state index in [-0.39, 0.29) is 17.4 Å². The molecule has 0 atom stereocenters. The molecule has 3 rings (SSSR count). The van der Waals surface area contributed by atoms with Crippen molar-refractivity contribution in [3.05, 3.63) is 95.6 Å². The molecular weight excluding hydrogens is 464 g/mol. The largest absolute Gasteiger partial charge is 0.508 e. The summed E-state index contributed by atoms with van der Waals surface area (Å²) in [6.45, 7) is 4.82. The first-order valence-corrected chi connectivity index (χ1v) is 13.0. The number of benzene rings is 3. The molecule has 0 aliphatic rings. The van der Waals surface area contributed by atoms with E-state index in [1.165, 1.54) is 24.1 Å². The van der Waals surface area contributed by atoms with Crippen molar-refractivity contribution >= 4 is 17.4 Å². The first kappa shape index (κ1) is 28.1. The Kier molecular flexibility index (Phi) is 11.8. The Morgan fingerprint density at radius 2 is 1.59 bits per heavy atom. The van der Waals surface area contributed by atoms with E-state index < -0.39 is 0 Å². The lowest BCUT2D eigenvalue weighted by atomic mass is 10.1. The van der Waals surface area contributed by atoms with E-state index in [9.17, 15) is 14.7 Å². The van der Waals surface area contributed by atoms with Gasteiger partial charge < -0.3 is 15.2 Å². The van der Waals surface area contributed by atoms with Crippen LogP contribution in [0.1, 0.15) is 54.1 Å². The van der Waals surface area contributed by atoms with Crippen LogP contribution >= 0.6 is 0 Å². The number of anilines is 1. The van der Waals surface area contributed by atoms with E-state index >= 15 is 0 Å². The smallest absolute Gasteiger partial charge is 0.221 e. The number of carbonyl (C=O) groups excluding carboxylic acids is 2. The minimum absolute atomic E-state index is 0.0185. The summed E-state index contributed by atoms with van der Waals surface area (Å²) in [5.41, 5.74) is 3.72. The zero-order valence-corrected chi connectivity index (χ0v) is 21.7. The maximum Gasteiger partial charge on any atom is 0.221 e. The number of Topliss-reactive ketones (excluding diaryl/α,β-unsaturated/α-hetero) is 1. The molecule has 196 valence electrons. The number of ketones is 1. The van der Waals surface area contributed by atoms with Gasteiger partial charge in [-0.05, 0) is 61.2 Å². The van der Waals surface area contributed by atoms with Gasteiger partial charge in [-0.1, -0.05) is 67.4 Å². The number of phenolic OH excluding ortho intramolecular Hbond substituents is 1. The molecule has 0 saturated heterocycles. The highest BCUT2D eigenvalue weighted by Gasteiger charge is 2.13. The van der Waals surface area contributed by atoms with Gasteiger partial charge >= 0.3 is 0 Å². The number of hydrogen-bond acceptors (Lipinski definition) is 5. The quantitative estimate of drug-likeness (QED) is 0.190. The number of nitrogens with one attached hydrogen (secondary N) is 1. The Hall–Kier alpha value is -3.48. The molecule has 0 aliphatic heterocycles. The molecule has 6 nitrogen and oxygen atoms in total. The van der Waals surface area contributed by atoms with Gasteiger partial charge in [-0.15, -0.1) is 0 Å². The molecule has 6 heteroatoms. The number of ether oxygens (including phenoxy) is 1. The highest BCUT2D eigenvalue weighted by atomic mass is 16.5. The molecule has 0 aliphatic carbocycles. The third-order valence-electron chi connectivity index (χ3n) is 6.11. The van der Waals surface area contributed by atoms with E-state index in [1.54, 1.807) is 18.2 Å². The minimum Gasteiger partial charge on any atom is -0.508 e. The SMILES string of the molecule is CC(=O)Nc1ccc(CCOCCCCCCN(CC(=O)c2cccc(O)c2)Cc2ccccc2)cc1. The van der Waals surface area contributed by atoms with Gasteiger partial charge in [0.1, 0.15) is 5.75 Å². The lowest BCUT2D eigenvalue weighted by Gasteiger charge is -2.22. The van der Waals surface area contributed by atoms with Crippen molar-refractivity contribution in [3.8, 4) is 5.75 Å². The van der Waals surface area contributed by atoms with Crippen LogP contribution in [-0.4, -0.2) is 48.0 Å². The van der Waals surface area contributed by atoms with Crippen molar-refractivity contribution in [1.29, 1.82) is 0 Å². The summed E-state index contributed by atoms with van der Waals surface area (Å²) in [7, 11) is 0. The van der Waals surface area contributed by atoms with E-state index in [0.29, 0.717) is 18.7 Å². The fourth-order valence-electron chi connectivity index (χ4n) is 4.17. The summed E-state index contributed by atoms with van der Waals surface area (Å²) in [6, 6.07) is 24.6. The van der Waals surface area contributed by atoms with Crippen LogP contribution in [0.25, 0.3) is 0 Å². The summed E-state index contributed by atoms with van der Waals surface area (Å²) < 4.78 is 5.81. The van der Waals surface area contributed by atoms with Crippen LogP contribution in [0.15, 0.2) is 78.9 Å². The number of aromatic hydroxyl groups is 1. The molecule has 0 spiro atoms. The van der Waals surface area contributed by atoms with Crippen molar-refractivity contribution < 1.29 is 19.4 Å². The number of phenols is 1. The van der Waals surface area contributed by atoms with Crippen LogP contribution in [0.5, 0.6) is 5.75 Å². The zero-order valence-electron chi connectivity index (χ0n) is 21.7. The van der Waals surface area contributed by atoms with Gasteiger partial charge in [0.2, 0.25) is 5.91 Å². The number of hydrogen-bond donors (Lipinski definition) is 2. The summed E-state index contributed by atoms with van der Waals surface area (Å²) in [5, 5.41) is 12.5. The molecule has 0 heterocycles. The van der Waals surface area contributed by atoms with E-state index in [2.05, 4.69) is 22.3 Å². The summed E-state index contributed by atoms with van der Waals surface area (Å²) in [4.78, 5) is 26.1. The van der Waals surface area contributed by atoms with Gasteiger partial charge in [-0.3, -0.25) is 14.5 Å². The Labute approximate surface area is 220 Å². The van der Waals surface area contributed by atoms with Crippen molar-refractivity contribution in [3.63, 3.8) is 0 Å². The van der Waals surface area contributed by atoms with Gasteiger partial charge in [0, 0.05) is 31.3 Å². The van der Waals surface area contributed by atoms with Gasteiger partial charge in [0.25, 0.3) is 0 Å². The Morgan fingerprint density at radius 3 is 2.32 bits per heavy atom. The molecule has 0 aromatic heterocycles. The highest BCUT2D eigenvalue weighted by molar-refractivity contribution is 5.97. The van der Waals surface area contributed by atoms with Gasteiger partial charge in [-0.2, -0.15) is 0 Å². The van der Waals surface area contributed by atoms with E-state index in [1.807, 2.05) is 42.5 Å². The Balaban J connectivity index is 1.33. The number of rotatable bonds is 16. The second-order valence-electron chi connectivity index (χ2n) is 9.32. The standard InChI is InChI=1S/C31H38N2O4/c1-25(34)32-29-16-14-26(15-17-29)18-21-37-20-8-3-2-7-19-33(23-27-10-5-4-6-11-27)24-31(36)28-12-9-13-30(35)22-28/h4-6,9-17,22,35H,2-3,7-8,18-21,23-24H2,1H3,(H,32,34). The van der Waals surface area contributed by atoms with Crippen LogP contribution in [0.4, 0.5) is 5.69 Å². The van der Waals surface area contributed by atoms with Crippen molar-refractivity contribution in [2.24, 2.45) is 0 Å². The Bertz CT molecular complexity index is 1100. The molecule has 0 bridgehead atoms. The van der Waals surface area contributed by atoms with Crippen LogP contribution in [-0.2, 0) is 22.5 Å². The van der Waals surface area contributed by atoms with Crippen LogP contribution in [0, 0.1) is 0 Å². The molecule has 0 radical (unpaired) electrons. The summed E-state index contributed by atoms with van der Waals surface area (Å²) >= 11 is 0. The topological polar surface area (TPSA) is 78.9 Å². The average molecular weight is 503 g/mol. The maximum atomic E-state index is 12.8. The van der Waals surface area contributed by atoms with Crippen molar-refractivity contribution in [2.45, 2.75) is 45.6 Å². The van der Waals surface area contributed by atoms with Gasteiger partial charge in [-0.25, -0.2) is 0 Å². The minimum atomic E-state index is -0.0678. The molecule has 0 saturated carbocycles. The van der Waals surface area contributed by atoms with Crippen LogP contribution in [0.2, 0.25) is 0 Å². The van der Waals surface area contributed by atoms with Crippen molar-refractivity contribution in [1.82, 2.24) is 4.90 Å².